The van der Waals surface area contributed by atoms with Gasteiger partial charge in [0.15, 0.2) is 5.76 Å². The number of thiazole rings is 1. The summed E-state index contributed by atoms with van der Waals surface area (Å²) in [6.45, 7) is 5.52. The van der Waals surface area contributed by atoms with Gasteiger partial charge in [-0.2, -0.15) is 0 Å². The number of aromatic nitrogens is 1. The van der Waals surface area contributed by atoms with Gasteiger partial charge in [0.25, 0.3) is 5.91 Å². The molecule has 4 rings (SSSR count). The second kappa shape index (κ2) is 7.70. The maximum absolute atomic E-state index is 13.5. The van der Waals surface area contributed by atoms with E-state index in [-0.39, 0.29) is 11.4 Å². The Morgan fingerprint density at radius 1 is 1.23 bits per heavy atom. The SMILES string of the molecule is COc1cccc(N2C(=O)C(O)=C(C(=O)c3sc(C)nc3C)C2c2sccc2C)c1. The van der Waals surface area contributed by atoms with Crippen LogP contribution in [0.5, 0.6) is 5.75 Å². The fourth-order valence-corrected chi connectivity index (χ4v) is 5.54. The van der Waals surface area contributed by atoms with Gasteiger partial charge in [-0.15, -0.1) is 22.7 Å². The van der Waals surface area contributed by atoms with Crippen LogP contribution in [0.4, 0.5) is 5.69 Å². The first-order chi connectivity index (χ1) is 14.3. The van der Waals surface area contributed by atoms with E-state index in [9.17, 15) is 14.7 Å². The Bertz CT molecular complexity index is 1190. The molecule has 0 saturated carbocycles. The third kappa shape index (κ3) is 3.22. The number of amides is 1. The van der Waals surface area contributed by atoms with E-state index < -0.39 is 17.7 Å². The number of rotatable bonds is 5. The molecule has 1 aliphatic heterocycles. The van der Waals surface area contributed by atoms with Crippen molar-refractivity contribution in [2.75, 3.05) is 12.0 Å². The van der Waals surface area contributed by atoms with Gasteiger partial charge >= 0.3 is 0 Å². The van der Waals surface area contributed by atoms with E-state index in [2.05, 4.69) is 4.98 Å². The minimum absolute atomic E-state index is 0.0834. The summed E-state index contributed by atoms with van der Waals surface area (Å²) in [5, 5.41) is 13.5. The molecule has 30 heavy (non-hydrogen) atoms. The predicted molar refractivity (Wildman–Crippen MR) is 118 cm³/mol. The molecule has 1 N–H and O–H groups in total. The van der Waals surface area contributed by atoms with Crippen molar-refractivity contribution in [1.82, 2.24) is 4.98 Å². The fraction of sp³-hybridized carbons (Fsp3) is 0.227. The Hall–Kier alpha value is -2.97. The Kier molecular flexibility index (Phi) is 5.21. The topological polar surface area (TPSA) is 79.7 Å². The highest BCUT2D eigenvalue weighted by Crippen LogP contribution is 2.45. The molecule has 1 amide bonds. The monoisotopic (exact) mass is 440 g/mol. The Labute approximate surface area is 182 Å². The second-order valence-corrected chi connectivity index (χ2v) is 9.14. The number of nitrogens with zero attached hydrogens (tertiary/aromatic N) is 2. The predicted octanol–water partition coefficient (Wildman–Crippen LogP) is 4.92. The lowest BCUT2D eigenvalue weighted by Crippen LogP contribution is -2.30. The zero-order chi connectivity index (χ0) is 21.6. The Balaban J connectivity index is 1.90. The maximum Gasteiger partial charge on any atom is 0.294 e. The van der Waals surface area contributed by atoms with E-state index in [0.29, 0.717) is 22.0 Å². The third-order valence-corrected chi connectivity index (χ3v) is 7.19. The maximum atomic E-state index is 13.5. The van der Waals surface area contributed by atoms with E-state index in [0.717, 1.165) is 15.4 Å². The number of ketones is 1. The summed E-state index contributed by atoms with van der Waals surface area (Å²) in [7, 11) is 1.55. The second-order valence-electron chi connectivity index (χ2n) is 6.99. The number of thiophene rings is 1. The van der Waals surface area contributed by atoms with Gasteiger partial charge in [-0.3, -0.25) is 14.5 Å². The molecule has 0 saturated heterocycles. The van der Waals surface area contributed by atoms with Crippen molar-refractivity contribution in [3.63, 3.8) is 0 Å². The molecule has 1 unspecified atom stereocenters. The summed E-state index contributed by atoms with van der Waals surface area (Å²) in [6, 6.07) is 8.24. The molecule has 1 atom stereocenters. The van der Waals surface area contributed by atoms with Crippen molar-refractivity contribution in [2.24, 2.45) is 0 Å². The first-order valence-corrected chi connectivity index (χ1v) is 11.0. The average molecular weight is 441 g/mol. The molecule has 0 radical (unpaired) electrons. The van der Waals surface area contributed by atoms with Crippen LogP contribution in [0.15, 0.2) is 47.0 Å². The van der Waals surface area contributed by atoms with E-state index >= 15 is 0 Å². The molecule has 1 aromatic carbocycles. The fourth-order valence-electron chi connectivity index (χ4n) is 3.64. The number of Topliss-reactive ketones (excluding diaryl/α,β-unsaturated/α-hetero) is 1. The van der Waals surface area contributed by atoms with Crippen LogP contribution in [-0.2, 0) is 4.79 Å². The van der Waals surface area contributed by atoms with Crippen LogP contribution in [0.25, 0.3) is 0 Å². The van der Waals surface area contributed by atoms with Crippen LogP contribution in [0.3, 0.4) is 0 Å². The van der Waals surface area contributed by atoms with E-state index in [1.165, 1.54) is 27.6 Å². The van der Waals surface area contributed by atoms with Gasteiger partial charge in [0.1, 0.15) is 11.8 Å². The molecule has 0 spiro atoms. The van der Waals surface area contributed by atoms with Crippen LogP contribution < -0.4 is 9.64 Å². The van der Waals surface area contributed by atoms with Gasteiger partial charge < -0.3 is 9.84 Å². The number of carbonyl (C=O) groups excluding carboxylic acids is 2. The van der Waals surface area contributed by atoms with Gasteiger partial charge in [-0.05, 0) is 49.9 Å². The van der Waals surface area contributed by atoms with Crippen LogP contribution in [-0.4, -0.2) is 28.9 Å². The molecule has 2 aromatic heterocycles. The molecule has 0 aliphatic carbocycles. The van der Waals surface area contributed by atoms with Crippen molar-refractivity contribution in [1.29, 1.82) is 0 Å². The molecule has 154 valence electrons. The molecule has 0 fully saturated rings. The highest BCUT2D eigenvalue weighted by molar-refractivity contribution is 7.14. The van der Waals surface area contributed by atoms with Crippen molar-refractivity contribution in [2.45, 2.75) is 26.8 Å². The Morgan fingerprint density at radius 2 is 2.00 bits per heavy atom. The van der Waals surface area contributed by atoms with Gasteiger partial charge in [-0.1, -0.05) is 6.07 Å². The first-order valence-electron chi connectivity index (χ1n) is 9.27. The summed E-state index contributed by atoms with van der Waals surface area (Å²) >= 11 is 2.72. The molecule has 3 aromatic rings. The summed E-state index contributed by atoms with van der Waals surface area (Å²) < 4.78 is 5.30. The van der Waals surface area contributed by atoms with Crippen LogP contribution in [0, 0.1) is 20.8 Å². The smallest absolute Gasteiger partial charge is 0.294 e. The number of aryl methyl sites for hydroxylation is 3. The zero-order valence-corrected chi connectivity index (χ0v) is 18.6. The summed E-state index contributed by atoms with van der Waals surface area (Å²) in [4.78, 5) is 33.8. The van der Waals surface area contributed by atoms with E-state index in [1.807, 2.05) is 25.3 Å². The Morgan fingerprint density at radius 3 is 2.60 bits per heavy atom. The van der Waals surface area contributed by atoms with Crippen LogP contribution in [0.1, 0.15) is 36.9 Å². The highest BCUT2D eigenvalue weighted by Gasteiger charge is 2.46. The molecule has 0 bridgehead atoms. The lowest BCUT2D eigenvalue weighted by Gasteiger charge is -2.26. The lowest BCUT2D eigenvalue weighted by molar-refractivity contribution is -0.117. The first kappa shape index (κ1) is 20.3. The lowest BCUT2D eigenvalue weighted by atomic mass is 9.98. The van der Waals surface area contributed by atoms with E-state index in [1.54, 1.807) is 38.3 Å². The van der Waals surface area contributed by atoms with Crippen molar-refractivity contribution in [3.05, 3.63) is 73.1 Å². The van der Waals surface area contributed by atoms with Crippen LogP contribution >= 0.6 is 22.7 Å². The molecule has 6 nitrogen and oxygen atoms in total. The molecular formula is C22H20N2O4S2. The minimum Gasteiger partial charge on any atom is -0.503 e. The highest BCUT2D eigenvalue weighted by atomic mass is 32.1. The quantitative estimate of drug-likeness (QED) is 0.570. The van der Waals surface area contributed by atoms with E-state index in [4.69, 9.17) is 4.74 Å². The van der Waals surface area contributed by atoms with Crippen molar-refractivity contribution < 1.29 is 19.4 Å². The third-order valence-electron chi connectivity index (χ3n) is 5.04. The minimum atomic E-state index is -0.723. The number of ether oxygens (including phenoxy) is 1. The normalized spacial score (nSPS) is 16.5. The number of hydrogen-bond donors (Lipinski definition) is 1. The van der Waals surface area contributed by atoms with Gasteiger partial charge in [0, 0.05) is 16.6 Å². The number of hydrogen-bond acceptors (Lipinski definition) is 7. The number of benzene rings is 1. The number of aliphatic hydroxyl groups is 1. The molecular weight excluding hydrogens is 420 g/mol. The standard InChI is InChI=1S/C22H20N2O4S2/c1-11-8-9-29-20(11)17-16(18(25)21-12(2)23-13(3)30-21)19(26)22(27)24(17)14-6-5-7-15(10-14)28-4/h5-10,17,26H,1-4H3. The average Bonchev–Trinajstić information content (AvgIpc) is 3.37. The van der Waals surface area contributed by atoms with Crippen molar-refractivity contribution >= 4 is 40.1 Å². The summed E-state index contributed by atoms with van der Waals surface area (Å²) in [6.07, 6.45) is 0. The van der Waals surface area contributed by atoms with Crippen LogP contribution in [0.2, 0.25) is 0 Å². The number of carbonyl (C=O) groups is 2. The van der Waals surface area contributed by atoms with Gasteiger partial charge in [0.05, 0.1) is 28.3 Å². The molecule has 1 aliphatic rings. The number of methoxy groups -OCH3 is 1. The molecule has 8 heteroatoms. The number of anilines is 1. The zero-order valence-electron chi connectivity index (χ0n) is 16.9. The van der Waals surface area contributed by atoms with Gasteiger partial charge in [0.2, 0.25) is 5.78 Å². The largest absolute Gasteiger partial charge is 0.503 e. The van der Waals surface area contributed by atoms with Crippen molar-refractivity contribution in [3.8, 4) is 5.75 Å². The van der Waals surface area contributed by atoms with Gasteiger partial charge in [-0.25, -0.2) is 4.98 Å². The number of aliphatic hydroxyl groups excluding tert-OH is 1. The summed E-state index contributed by atoms with van der Waals surface area (Å²) in [5.74, 6) is -0.920. The molecule has 3 heterocycles. The summed E-state index contributed by atoms with van der Waals surface area (Å²) in [5.41, 5.74) is 2.17.